The molecule has 1 atom stereocenters. The molecule has 0 fully saturated rings. The molecule has 1 aromatic carbocycles. The molecule has 0 spiro atoms. The topological polar surface area (TPSA) is 133 Å². The van der Waals surface area contributed by atoms with Crippen molar-refractivity contribution in [1.29, 1.82) is 0 Å². The number of sulfonamides is 1. The molecule has 4 rings (SSSR count). The normalized spacial score (nSPS) is 20.5. The number of aliphatic imine (C=N–C) groups is 1. The van der Waals surface area contributed by atoms with E-state index in [9.17, 15) is 18.0 Å². The molecule has 1 aliphatic carbocycles. The van der Waals surface area contributed by atoms with Crippen molar-refractivity contribution < 1.29 is 22.6 Å². The van der Waals surface area contributed by atoms with Gasteiger partial charge in [-0.15, -0.1) is 0 Å². The maximum Gasteiger partial charge on any atom is 0.244 e. The van der Waals surface area contributed by atoms with Crippen molar-refractivity contribution in [3.63, 3.8) is 0 Å². The molecule has 2 heterocycles. The Labute approximate surface area is 204 Å². The average molecular weight is 553 g/mol. The number of allylic oxidation sites excluding steroid dienone is 3. The van der Waals surface area contributed by atoms with Crippen LogP contribution in [0.2, 0.25) is 0 Å². The van der Waals surface area contributed by atoms with E-state index in [2.05, 4.69) is 36.6 Å². The summed E-state index contributed by atoms with van der Waals surface area (Å²) >= 11 is 3.08. The van der Waals surface area contributed by atoms with Gasteiger partial charge >= 0.3 is 0 Å². The second-order valence-corrected chi connectivity index (χ2v) is 11.0. The Morgan fingerprint density at radius 1 is 1.38 bits per heavy atom. The Balaban J connectivity index is 1.52. The summed E-state index contributed by atoms with van der Waals surface area (Å²) in [4.78, 5) is 4.21. The SMILES string of the molecule is CC1(S(=O)(=O)N2CCC=C2CNc2nonc2C(=Nc2ccc(F)c(Br)c2)NO)C=CC=CC1. The van der Waals surface area contributed by atoms with Gasteiger partial charge in [0.05, 0.1) is 16.7 Å². The van der Waals surface area contributed by atoms with Crippen molar-refractivity contribution >= 4 is 43.3 Å². The molecule has 3 N–H and O–H groups in total. The van der Waals surface area contributed by atoms with Gasteiger partial charge in [0.2, 0.25) is 15.8 Å². The van der Waals surface area contributed by atoms with Crippen molar-refractivity contribution in [2.75, 3.05) is 18.4 Å². The van der Waals surface area contributed by atoms with Crippen LogP contribution < -0.4 is 10.8 Å². The molecule has 34 heavy (non-hydrogen) atoms. The van der Waals surface area contributed by atoms with E-state index in [1.165, 1.54) is 22.5 Å². The van der Waals surface area contributed by atoms with Crippen LogP contribution in [-0.2, 0) is 10.0 Å². The van der Waals surface area contributed by atoms with Crippen LogP contribution in [0, 0.1) is 5.82 Å². The molecule has 1 unspecified atom stereocenters. The number of benzene rings is 1. The highest BCUT2D eigenvalue weighted by Crippen LogP contribution is 2.34. The van der Waals surface area contributed by atoms with E-state index in [-0.39, 0.29) is 28.4 Å². The van der Waals surface area contributed by atoms with Crippen LogP contribution in [0.25, 0.3) is 0 Å². The fourth-order valence-electron chi connectivity index (χ4n) is 3.63. The standard InChI is InChI=1S/C21H22BrFN6O4S/c1-21(9-3-2-4-10-21)34(31,32)29-11-5-6-15(29)13-24-19-18(27-33-28-19)20(26-30)25-14-7-8-17(23)16(22)12-14/h2-4,6-9,12,30H,5,10-11,13H2,1H3,(H,24,28)(H,25,26). The van der Waals surface area contributed by atoms with Crippen LogP contribution in [0.1, 0.15) is 25.5 Å². The third kappa shape index (κ3) is 4.63. The minimum absolute atomic E-state index is 0.0586. The van der Waals surface area contributed by atoms with Crippen LogP contribution in [0.4, 0.5) is 15.9 Å². The summed E-state index contributed by atoms with van der Waals surface area (Å²) in [5.41, 5.74) is 2.90. The zero-order chi connectivity index (χ0) is 24.3. The molecular formula is C21H22BrFN6O4S. The molecule has 13 heteroatoms. The Kier molecular flexibility index (Phi) is 6.86. The number of amidine groups is 1. The van der Waals surface area contributed by atoms with Gasteiger partial charge in [-0.1, -0.05) is 30.4 Å². The highest BCUT2D eigenvalue weighted by atomic mass is 79.9. The number of nitrogens with zero attached hydrogens (tertiary/aromatic N) is 4. The number of rotatable bonds is 7. The number of halogens is 2. The average Bonchev–Trinajstić information content (AvgIpc) is 3.48. The number of hydrogen-bond acceptors (Lipinski definition) is 8. The van der Waals surface area contributed by atoms with Crippen LogP contribution in [-0.4, -0.2) is 51.9 Å². The van der Waals surface area contributed by atoms with Gasteiger partial charge in [0.25, 0.3) is 0 Å². The Morgan fingerprint density at radius 2 is 2.21 bits per heavy atom. The summed E-state index contributed by atoms with van der Waals surface area (Å²) in [6, 6.07) is 4.06. The van der Waals surface area contributed by atoms with Crippen molar-refractivity contribution in [2.45, 2.75) is 24.5 Å². The third-order valence-corrected chi connectivity index (χ3v) is 8.62. The third-order valence-electron chi connectivity index (χ3n) is 5.53. The van der Waals surface area contributed by atoms with Gasteiger partial charge in [0.15, 0.2) is 11.5 Å². The maximum absolute atomic E-state index is 13.5. The lowest BCUT2D eigenvalue weighted by molar-refractivity contribution is 0.234. The summed E-state index contributed by atoms with van der Waals surface area (Å²) in [5.74, 6) is -0.419. The highest BCUT2D eigenvalue weighted by Gasteiger charge is 2.42. The molecule has 0 amide bonds. The fraction of sp³-hybridized carbons (Fsp3) is 0.286. The van der Waals surface area contributed by atoms with Gasteiger partial charge in [-0.3, -0.25) is 15.0 Å². The first kappa shape index (κ1) is 24.1. The summed E-state index contributed by atoms with van der Waals surface area (Å²) in [6.07, 6.45) is 9.94. The molecule has 0 radical (unpaired) electrons. The molecule has 0 bridgehead atoms. The van der Waals surface area contributed by atoms with Gasteiger partial charge in [-0.2, -0.15) is 0 Å². The molecule has 0 saturated heterocycles. The van der Waals surface area contributed by atoms with Crippen molar-refractivity contribution in [2.24, 2.45) is 4.99 Å². The number of hydrogen-bond donors (Lipinski definition) is 3. The first-order valence-corrected chi connectivity index (χ1v) is 12.5. The summed E-state index contributed by atoms with van der Waals surface area (Å²) < 4.78 is 45.7. The summed E-state index contributed by atoms with van der Waals surface area (Å²) in [7, 11) is -3.66. The number of aromatic nitrogens is 2. The monoisotopic (exact) mass is 552 g/mol. The highest BCUT2D eigenvalue weighted by molar-refractivity contribution is 9.10. The Hall–Kier alpha value is -3.03. The van der Waals surface area contributed by atoms with Crippen LogP contribution in [0.3, 0.4) is 0 Å². The van der Waals surface area contributed by atoms with Gasteiger partial charge in [0.1, 0.15) is 10.6 Å². The van der Waals surface area contributed by atoms with Crippen LogP contribution >= 0.6 is 15.9 Å². The van der Waals surface area contributed by atoms with Crippen LogP contribution in [0.15, 0.2) is 68.4 Å². The number of anilines is 1. The van der Waals surface area contributed by atoms with E-state index in [4.69, 9.17) is 4.63 Å². The molecule has 1 aliphatic heterocycles. The first-order valence-electron chi connectivity index (χ1n) is 10.3. The van der Waals surface area contributed by atoms with E-state index >= 15 is 0 Å². The lowest BCUT2D eigenvalue weighted by atomic mass is 10.0. The molecule has 2 aliphatic rings. The van der Waals surface area contributed by atoms with E-state index in [1.54, 1.807) is 19.1 Å². The second-order valence-electron chi connectivity index (χ2n) is 7.85. The van der Waals surface area contributed by atoms with Crippen molar-refractivity contribution in [3.8, 4) is 0 Å². The minimum atomic E-state index is -3.66. The maximum atomic E-state index is 13.5. The van der Waals surface area contributed by atoms with Crippen molar-refractivity contribution in [3.05, 3.63) is 70.3 Å². The molecule has 0 saturated carbocycles. The van der Waals surface area contributed by atoms with Crippen LogP contribution in [0.5, 0.6) is 0 Å². The van der Waals surface area contributed by atoms with E-state index in [1.807, 2.05) is 23.7 Å². The quantitative estimate of drug-likeness (QED) is 0.269. The Morgan fingerprint density at radius 3 is 2.91 bits per heavy atom. The molecule has 180 valence electrons. The fourth-order valence-corrected chi connectivity index (χ4v) is 5.85. The largest absolute Gasteiger partial charge is 0.360 e. The second kappa shape index (κ2) is 9.68. The summed E-state index contributed by atoms with van der Waals surface area (Å²) in [6.45, 7) is 2.17. The number of nitrogens with one attached hydrogen (secondary N) is 2. The zero-order valence-electron chi connectivity index (χ0n) is 18.1. The molecule has 1 aromatic heterocycles. The summed E-state index contributed by atoms with van der Waals surface area (Å²) in [5, 5.41) is 20.2. The lowest BCUT2D eigenvalue weighted by Gasteiger charge is -2.33. The number of hydroxylamine groups is 1. The van der Waals surface area contributed by atoms with Gasteiger partial charge < -0.3 is 5.32 Å². The van der Waals surface area contributed by atoms with E-state index in [0.717, 1.165) is 0 Å². The first-order chi connectivity index (χ1) is 16.2. The minimum Gasteiger partial charge on any atom is -0.360 e. The van der Waals surface area contributed by atoms with Gasteiger partial charge in [-0.25, -0.2) is 22.4 Å². The van der Waals surface area contributed by atoms with Crippen molar-refractivity contribution in [1.82, 2.24) is 20.1 Å². The molecule has 2 aromatic rings. The predicted molar refractivity (Wildman–Crippen MR) is 128 cm³/mol. The Bertz CT molecular complexity index is 1310. The van der Waals surface area contributed by atoms with E-state index < -0.39 is 20.6 Å². The molecular weight excluding hydrogens is 531 g/mol. The molecule has 10 nitrogen and oxygen atoms in total. The van der Waals surface area contributed by atoms with E-state index in [0.29, 0.717) is 30.8 Å². The zero-order valence-corrected chi connectivity index (χ0v) is 20.5. The smallest absolute Gasteiger partial charge is 0.244 e. The van der Waals surface area contributed by atoms with Gasteiger partial charge in [-0.05, 0) is 64.2 Å². The predicted octanol–water partition coefficient (Wildman–Crippen LogP) is 3.63. The lowest BCUT2D eigenvalue weighted by Crippen LogP contribution is -2.45. The van der Waals surface area contributed by atoms with Gasteiger partial charge in [0, 0.05) is 12.2 Å².